The molecule has 1 amide bonds. The van der Waals surface area contributed by atoms with E-state index in [1.54, 1.807) is 0 Å². The van der Waals surface area contributed by atoms with Gasteiger partial charge in [0.2, 0.25) is 11.8 Å². The standard InChI is InChI=1S/C22H26Cl2N4O2/c23-17-5-6-18(24)19(15-17)28-12-10-27(11-13-28)9-1-2-14-30-21-8-4-16-3-7-20(29)25-22(16)26-21/h4-6,8,15H,1-3,7,9-14H2,(H,25,26,29). The molecule has 0 spiro atoms. The molecule has 3 heterocycles. The Bertz CT molecular complexity index is 901. The van der Waals surface area contributed by atoms with Crippen LogP contribution in [0.5, 0.6) is 5.88 Å². The molecule has 1 fully saturated rings. The lowest BCUT2D eigenvalue weighted by Gasteiger charge is -2.36. The Morgan fingerprint density at radius 1 is 1.03 bits per heavy atom. The molecule has 0 saturated carbocycles. The molecule has 1 saturated heterocycles. The van der Waals surface area contributed by atoms with E-state index in [2.05, 4.69) is 20.1 Å². The Labute approximate surface area is 187 Å². The van der Waals surface area contributed by atoms with Crippen LogP contribution in [0.2, 0.25) is 10.0 Å². The van der Waals surface area contributed by atoms with Crippen molar-refractivity contribution in [3.8, 4) is 5.88 Å². The van der Waals surface area contributed by atoms with Crippen molar-refractivity contribution < 1.29 is 9.53 Å². The fourth-order valence-electron chi connectivity index (χ4n) is 3.86. The number of anilines is 2. The van der Waals surface area contributed by atoms with E-state index in [9.17, 15) is 4.79 Å². The third-order valence-corrected chi connectivity index (χ3v) is 6.13. The van der Waals surface area contributed by atoms with Crippen LogP contribution in [0.4, 0.5) is 11.5 Å². The first-order valence-corrected chi connectivity index (χ1v) is 11.2. The summed E-state index contributed by atoms with van der Waals surface area (Å²) in [5.41, 5.74) is 2.09. The number of fused-ring (bicyclic) bond motifs is 1. The molecule has 2 aromatic rings. The lowest BCUT2D eigenvalue weighted by molar-refractivity contribution is -0.116. The maximum absolute atomic E-state index is 11.5. The minimum atomic E-state index is 0.0184. The van der Waals surface area contributed by atoms with Gasteiger partial charge >= 0.3 is 0 Å². The van der Waals surface area contributed by atoms with Crippen molar-refractivity contribution in [2.75, 3.05) is 49.5 Å². The lowest BCUT2D eigenvalue weighted by Crippen LogP contribution is -2.46. The van der Waals surface area contributed by atoms with Crippen molar-refractivity contribution in [1.29, 1.82) is 0 Å². The molecule has 2 aliphatic rings. The predicted octanol–water partition coefficient (Wildman–Crippen LogP) is 4.25. The van der Waals surface area contributed by atoms with Crippen LogP contribution >= 0.6 is 23.2 Å². The fourth-order valence-corrected chi connectivity index (χ4v) is 4.26. The highest BCUT2D eigenvalue weighted by Crippen LogP contribution is 2.29. The number of unbranched alkanes of at least 4 members (excludes halogenated alkanes) is 1. The highest BCUT2D eigenvalue weighted by molar-refractivity contribution is 6.35. The largest absolute Gasteiger partial charge is 0.478 e. The van der Waals surface area contributed by atoms with Gasteiger partial charge in [-0.25, -0.2) is 0 Å². The number of ether oxygens (including phenoxy) is 1. The van der Waals surface area contributed by atoms with Gasteiger partial charge in [0.1, 0.15) is 5.82 Å². The average molecular weight is 449 g/mol. The third-order valence-electron chi connectivity index (χ3n) is 5.57. The molecule has 0 unspecified atom stereocenters. The number of amides is 1. The number of piperazine rings is 1. The summed E-state index contributed by atoms with van der Waals surface area (Å²) in [4.78, 5) is 20.7. The predicted molar refractivity (Wildman–Crippen MR) is 121 cm³/mol. The number of halogens is 2. The molecule has 8 heteroatoms. The van der Waals surface area contributed by atoms with E-state index in [-0.39, 0.29) is 5.91 Å². The zero-order valence-electron chi connectivity index (χ0n) is 16.9. The Kier molecular flexibility index (Phi) is 6.97. The smallest absolute Gasteiger partial charge is 0.225 e. The first kappa shape index (κ1) is 21.2. The number of pyridine rings is 1. The summed E-state index contributed by atoms with van der Waals surface area (Å²) in [6.45, 7) is 5.58. The minimum absolute atomic E-state index is 0.0184. The average Bonchev–Trinajstić information content (AvgIpc) is 2.75. The summed E-state index contributed by atoms with van der Waals surface area (Å²) in [6.07, 6.45) is 3.30. The molecular weight excluding hydrogens is 423 g/mol. The molecule has 0 radical (unpaired) electrons. The Hall–Kier alpha value is -2.02. The molecule has 2 aliphatic heterocycles. The molecule has 0 aliphatic carbocycles. The molecule has 0 bridgehead atoms. The number of hydrogen-bond donors (Lipinski definition) is 1. The minimum Gasteiger partial charge on any atom is -0.478 e. The van der Waals surface area contributed by atoms with Gasteiger partial charge in [0.15, 0.2) is 0 Å². The number of carbonyl (C=O) groups is 1. The SMILES string of the molecule is O=C1CCc2ccc(OCCCCN3CCN(c4cc(Cl)ccc4Cl)CC3)nc2N1. The summed E-state index contributed by atoms with van der Waals surface area (Å²) < 4.78 is 5.78. The Balaban J connectivity index is 1.15. The second-order valence-corrected chi connectivity index (χ2v) is 8.53. The highest BCUT2D eigenvalue weighted by Gasteiger charge is 2.19. The van der Waals surface area contributed by atoms with Crippen LogP contribution in [0.1, 0.15) is 24.8 Å². The van der Waals surface area contributed by atoms with Crippen molar-refractivity contribution in [1.82, 2.24) is 9.88 Å². The lowest BCUT2D eigenvalue weighted by atomic mass is 10.1. The number of benzene rings is 1. The molecule has 30 heavy (non-hydrogen) atoms. The number of aryl methyl sites for hydroxylation is 1. The number of nitrogens with zero attached hydrogens (tertiary/aromatic N) is 3. The second kappa shape index (κ2) is 9.86. The summed E-state index contributed by atoms with van der Waals surface area (Å²) in [7, 11) is 0. The number of nitrogens with one attached hydrogen (secondary N) is 1. The van der Waals surface area contributed by atoms with E-state index in [1.807, 2.05) is 30.3 Å². The zero-order valence-corrected chi connectivity index (χ0v) is 18.4. The van der Waals surface area contributed by atoms with Gasteiger partial charge in [0, 0.05) is 43.7 Å². The van der Waals surface area contributed by atoms with Gasteiger partial charge in [0.05, 0.1) is 17.3 Å². The maximum Gasteiger partial charge on any atom is 0.225 e. The molecule has 1 aromatic heterocycles. The first-order valence-electron chi connectivity index (χ1n) is 10.4. The monoisotopic (exact) mass is 448 g/mol. The van der Waals surface area contributed by atoms with Crippen LogP contribution < -0.4 is 15.0 Å². The fraction of sp³-hybridized carbons (Fsp3) is 0.455. The van der Waals surface area contributed by atoms with Crippen LogP contribution in [0, 0.1) is 0 Å². The van der Waals surface area contributed by atoms with Gasteiger partial charge in [-0.1, -0.05) is 23.2 Å². The van der Waals surface area contributed by atoms with E-state index >= 15 is 0 Å². The van der Waals surface area contributed by atoms with E-state index < -0.39 is 0 Å². The Morgan fingerprint density at radius 2 is 1.87 bits per heavy atom. The highest BCUT2D eigenvalue weighted by atomic mass is 35.5. The van der Waals surface area contributed by atoms with Gasteiger partial charge in [-0.2, -0.15) is 4.98 Å². The summed E-state index contributed by atoms with van der Waals surface area (Å²) in [6, 6.07) is 9.49. The van der Waals surface area contributed by atoms with Gasteiger partial charge in [0.25, 0.3) is 0 Å². The van der Waals surface area contributed by atoms with Gasteiger partial charge in [-0.15, -0.1) is 0 Å². The number of hydrogen-bond acceptors (Lipinski definition) is 5. The van der Waals surface area contributed by atoms with E-state index in [0.717, 1.165) is 68.3 Å². The van der Waals surface area contributed by atoms with Crippen LogP contribution in [0.3, 0.4) is 0 Å². The molecule has 4 rings (SSSR count). The summed E-state index contributed by atoms with van der Waals surface area (Å²) in [5, 5.41) is 4.28. The van der Waals surface area contributed by atoms with Crippen LogP contribution in [0.15, 0.2) is 30.3 Å². The van der Waals surface area contributed by atoms with Crippen molar-refractivity contribution in [2.24, 2.45) is 0 Å². The first-order chi connectivity index (χ1) is 14.6. The van der Waals surface area contributed by atoms with Crippen molar-refractivity contribution in [2.45, 2.75) is 25.7 Å². The van der Waals surface area contributed by atoms with E-state index in [1.165, 1.54) is 0 Å². The van der Waals surface area contributed by atoms with E-state index in [4.69, 9.17) is 27.9 Å². The van der Waals surface area contributed by atoms with Crippen molar-refractivity contribution in [3.63, 3.8) is 0 Å². The molecule has 1 N–H and O–H groups in total. The maximum atomic E-state index is 11.5. The molecule has 0 atom stereocenters. The number of rotatable bonds is 7. The van der Waals surface area contributed by atoms with Crippen molar-refractivity contribution in [3.05, 3.63) is 45.9 Å². The molecule has 1 aromatic carbocycles. The second-order valence-electron chi connectivity index (χ2n) is 7.69. The molecule has 6 nitrogen and oxygen atoms in total. The van der Waals surface area contributed by atoms with Crippen LogP contribution in [0.25, 0.3) is 0 Å². The summed E-state index contributed by atoms with van der Waals surface area (Å²) >= 11 is 12.4. The van der Waals surface area contributed by atoms with Crippen molar-refractivity contribution >= 4 is 40.6 Å². The van der Waals surface area contributed by atoms with Gasteiger partial charge < -0.3 is 15.0 Å². The number of carbonyl (C=O) groups excluding carboxylic acids is 1. The van der Waals surface area contributed by atoms with Gasteiger partial charge in [-0.3, -0.25) is 9.69 Å². The van der Waals surface area contributed by atoms with Crippen LogP contribution in [-0.4, -0.2) is 55.1 Å². The zero-order chi connectivity index (χ0) is 20.9. The normalized spacial score (nSPS) is 16.9. The quantitative estimate of drug-likeness (QED) is 0.641. The topological polar surface area (TPSA) is 57.7 Å². The molecule has 160 valence electrons. The van der Waals surface area contributed by atoms with Crippen LogP contribution in [-0.2, 0) is 11.2 Å². The van der Waals surface area contributed by atoms with Gasteiger partial charge in [-0.05, 0) is 55.6 Å². The third kappa shape index (κ3) is 5.36. The summed E-state index contributed by atoms with van der Waals surface area (Å²) in [5.74, 6) is 1.23. The molecular formula is C22H26Cl2N4O2. The van der Waals surface area contributed by atoms with E-state index in [0.29, 0.717) is 29.7 Å². The Morgan fingerprint density at radius 3 is 2.70 bits per heavy atom. The number of aromatic nitrogens is 1.